The van der Waals surface area contributed by atoms with Gasteiger partial charge in [0, 0.05) is 38.1 Å². The zero-order valence-corrected chi connectivity index (χ0v) is 19.7. The molecule has 1 atom stereocenters. The number of hydrogen-bond donors (Lipinski definition) is 3. The molecule has 0 bridgehead atoms. The van der Waals surface area contributed by atoms with Gasteiger partial charge in [0.05, 0.1) is 25.4 Å². The van der Waals surface area contributed by atoms with Gasteiger partial charge in [0.25, 0.3) is 0 Å². The number of aliphatic imine (C=N–C) groups is 1. The summed E-state index contributed by atoms with van der Waals surface area (Å²) < 4.78 is 18.6. The Hall–Kier alpha value is -0.970. The van der Waals surface area contributed by atoms with E-state index in [0.717, 1.165) is 57.8 Å². The van der Waals surface area contributed by atoms with Crippen LogP contribution in [0.2, 0.25) is 0 Å². The standard InChI is InChI=1S/C21H33FN4O2.HI/c1-3-23-19(24-14-20(2,27)16-26-10-12-28-13-11-26)25-15-21(8-9-21)17-4-6-18(22)7-5-17;/h4-7,27H,3,8-16H2,1-2H3,(H2,23,24,25);1H. The van der Waals surface area contributed by atoms with Crippen LogP contribution in [0.1, 0.15) is 32.3 Å². The van der Waals surface area contributed by atoms with E-state index in [0.29, 0.717) is 19.0 Å². The van der Waals surface area contributed by atoms with Crippen molar-refractivity contribution in [2.75, 3.05) is 52.5 Å². The molecule has 1 saturated heterocycles. The maximum Gasteiger partial charge on any atom is 0.191 e. The van der Waals surface area contributed by atoms with Gasteiger partial charge in [-0.2, -0.15) is 0 Å². The number of benzene rings is 1. The van der Waals surface area contributed by atoms with Gasteiger partial charge in [-0.3, -0.25) is 9.89 Å². The van der Waals surface area contributed by atoms with E-state index in [-0.39, 0.29) is 35.2 Å². The van der Waals surface area contributed by atoms with E-state index in [9.17, 15) is 9.50 Å². The largest absolute Gasteiger partial charge is 0.387 e. The van der Waals surface area contributed by atoms with Crippen LogP contribution in [0, 0.1) is 5.82 Å². The second-order valence-corrected chi connectivity index (χ2v) is 8.22. The third-order valence-electron chi connectivity index (χ3n) is 5.49. The summed E-state index contributed by atoms with van der Waals surface area (Å²) in [4.78, 5) is 6.83. The maximum atomic E-state index is 13.2. The highest BCUT2D eigenvalue weighted by Crippen LogP contribution is 2.47. The molecule has 29 heavy (non-hydrogen) atoms. The van der Waals surface area contributed by atoms with Crippen molar-refractivity contribution >= 4 is 29.9 Å². The Morgan fingerprint density at radius 3 is 2.48 bits per heavy atom. The van der Waals surface area contributed by atoms with Crippen LogP contribution in [0.4, 0.5) is 4.39 Å². The van der Waals surface area contributed by atoms with Gasteiger partial charge in [-0.15, -0.1) is 24.0 Å². The van der Waals surface area contributed by atoms with Crippen molar-refractivity contribution < 1.29 is 14.2 Å². The molecular weight excluding hydrogens is 486 g/mol. The Balaban J connectivity index is 0.00000300. The topological polar surface area (TPSA) is 69.1 Å². The van der Waals surface area contributed by atoms with Crippen LogP contribution < -0.4 is 10.6 Å². The summed E-state index contributed by atoms with van der Waals surface area (Å²) in [6, 6.07) is 6.80. The fourth-order valence-electron chi connectivity index (χ4n) is 3.66. The first-order chi connectivity index (χ1) is 13.4. The fraction of sp³-hybridized carbons (Fsp3) is 0.667. The Labute approximate surface area is 190 Å². The van der Waals surface area contributed by atoms with Crippen molar-refractivity contribution in [3.63, 3.8) is 0 Å². The third kappa shape index (κ3) is 7.34. The summed E-state index contributed by atoms with van der Waals surface area (Å²) >= 11 is 0. The number of nitrogens with zero attached hydrogens (tertiary/aromatic N) is 2. The van der Waals surface area contributed by atoms with Crippen LogP contribution in [-0.2, 0) is 10.2 Å². The van der Waals surface area contributed by atoms with Crippen LogP contribution in [0.3, 0.4) is 0 Å². The second kappa shape index (κ2) is 10.9. The Morgan fingerprint density at radius 1 is 1.24 bits per heavy atom. The van der Waals surface area contributed by atoms with E-state index in [4.69, 9.17) is 4.74 Å². The van der Waals surface area contributed by atoms with E-state index in [1.807, 2.05) is 26.0 Å². The van der Waals surface area contributed by atoms with Crippen molar-refractivity contribution in [2.45, 2.75) is 37.7 Å². The van der Waals surface area contributed by atoms with Gasteiger partial charge >= 0.3 is 0 Å². The molecule has 1 aliphatic heterocycles. The first-order valence-corrected chi connectivity index (χ1v) is 10.2. The Morgan fingerprint density at radius 2 is 1.90 bits per heavy atom. The van der Waals surface area contributed by atoms with Crippen molar-refractivity contribution in [1.29, 1.82) is 0 Å². The minimum absolute atomic E-state index is 0. The molecule has 1 saturated carbocycles. The Bertz CT molecular complexity index is 659. The smallest absolute Gasteiger partial charge is 0.191 e. The molecule has 6 nitrogen and oxygen atoms in total. The van der Waals surface area contributed by atoms with Crippen molar-refractivity contribution in [2.24, 2.45) is 4.99 Å². The first kappa shape index (κ1) is 24.3. The van der Waals surface area contributed by atoms with E-state index in [2.05, 4.69) is 20.5 Å². The third-order valence-corrected chi connectivity index (χ3v) is 5.49. The summed E-state index contributed by atoms with van der Waals surface area (Å²) in [6.45, 7) is 9.38. The fourth-order valence-corrected chi connectivity index (χ4v) is 3.66. The lowest BCUT2D eigenvalue weighted by Gasteiger charge is -2.33. The van der Waals surface area contributed by atoms with Gasteiger partial charge in [0.2, 0.25) is 0 Å². The average Bonchev–Trinajstić information content (AvgIpc) is 3.46. The number of hydrogen-bond acceptors (Lipinski definition) is 4. The predicted octanol–water partition coefficient (Wildman–Crippen LogP) is 2.11. The highest BCUT2D eigenvalue weighted by atomic mass is 127. The second-order valence-electron chi connectivity index (χ2n) is 8.22. The number of rotatable bonds is 8. The molecular formula is C21H34FIN4O2. The molecule has 8 heteroatoms. The molecule has 0 radical (unpaired) electrons. The normalized spacial score (nSPS) is 21.0. The average molecular weight is 520 g/mol. The van der Waals surface area contributed by atoms with Gasteiger partial charge in [-0.05, 0) is 44.4 Å². The number of aliphatic hydroxyl groups is 1. The number of β-amino-alcohol motifs (C(OH)–C–C–N with tert-alkyl or cyclic N) is 1. The molecule has 1 aromatic rings. The minimum Gasteiger partial charge on any atom is -0.387 e. The Kier molecular flexibility index (Phi) is 9.12. The minimum atomic E-state index is -0.895. The number of guanidine groups is 1. The van der Waals surface area contributed by atoms with E-state index in [1.54, 1.807) is 0 Å². The maximum absolute atomic E-state index is 13.2. The number of halogens is 2. The molecule has 3 N–H and O–H groups in total. The lowest BCUT2D eigenvalue weighted by Crippen LogP contribution is -2.48. The summed E-state index contributed by atoms with van der Waals surface area (Å²) in [5.41, 5.74) is 0.324. The zero-order valence-electron chi connectivity index (χ0n) is 17.4. The molecule has 2 aliphatic rings. The molecule has 0 amide bonds. The number of ether oxygens (including phenoxy) is 1. The monoisotopic (exact) mass is 520 g/mol. The summed E-state index contributed by atoms with van der Waals surface area (Å²) in [5.74, 6) is 0.503. The number of nitrogens with one attached hydrogen (secondary N) is 2. The summed E-state index contributed by atoms with van der Waals surface area (Å²) in [6.07, 6.45) is 2.17. The van der Waals surface area contributed by atoms with E-state index >= 15 is 0 Å². The van der Waals surface area contributed by atoms with Gasteiger partial charge in [-0.25, -0.2) is 4.39 Å². The van der Waals surface area contributed by atoms with Crippen LogP contribution in [-0.4, -0.2) is 74.0 Å². The van der Waals surface area contributed by atoms with Crippen LogP contribution >= 0.6 is 24.0 Å². The lowest BCUT2D eigenvalue weighted by atomic mass is 9.96. The molecule has 0 spiro atoms. The van der Waals surface area contributed by atoms with Crippen molar-refractivity contribution in [3.8, 4) is 0 Å². The highest BCUT2D eigenvalue weighted by molar-refractivity contribution is 14.0. The highest BCUT2D eigenvalue weighted by Gasteiger charge is 2.44. The van der Waals surface area contributed by atoms with Gasteiger partial charge < -0.3 is 20.5 Å². The van der Waals surface area contributed by atoms with E-state index < -0.39 is 5.60 Å². The van der Waals surface area contributed by atoms with E-state index in [1.165, 1.54) is 12.1 Å². The van der Waals surface area contributed by atoms with Crippen molar-refractivity contribution in [1.82, 2.24) is 15.5 Å². The number of morpholine rings is 1. The SMILES string of the molecule is CCNC(=NCC(C)(O)CN1CCOCC1)NCC1(c2ccc(F)cc2)CC1.I. The quantitative estimate of drug-likeness (QED) is 0.279. The summed E-state index contributed by atoms with van der Waals surface area (Å²) in [7, 11) is 0. The van der Waals surface area contributed by atoms with Gasteiger partial charge in [-0.1, -0.05) is 12.1 Å². The molecule has 2 fully saturated rings. The van der Waals surface area contributed by atoms with Crippen LogP contribution in [0.25, 0.3) is 0 Å². The molecule has 164 valence electrons. The molecule has 0 aromatic heterocycles. The van der Waals surface area contributed by atoms with Crippen molar-refractivity contribution in [3.05, 3.63) is 35.6 Å². The van der Waals surface area contributed by atoms with Gasteiger partial charge in [0.15, 0.2) is 5.96 Å². The molecule has 1 aromatic carbocycles. The van der Waals surface area contributed by atoms with Crippen LogP contribution in [0.15, 0.2) is 29.3 Å². The molecule has 1 unspecified atom stereocenters. The van der Waals surface area contributed by atoms with Crippen LogP contribution in [0.5, 0.6) is 0 Å². The first-order valence-electron chi connectivity index (χ1n) is 10.2. The molecule has 1 aliphatic carbocycles. The molecule has 3 rings (SSSR count). The predicted molar refractivity (Wildman–Crippen MR) is 125 cm³/mol. The zero-order chi connectivity index (χ0) is 20.0. The summed E-state index contributed by atoms with van der Waals surface area (Å²) in [5, 5.41) is 17.4. The van der Waals surface area contributed by atoms with Gasteiger partial charge in [0.1, 0.15) is 5.82 Å². The molecule has 1 heterocycles. The lowest BCUT2D eigenvalue weighted by molar-refractivity contribution is -0.0179.